The molecule has 18 heteroatoms. The third-order valence-electron chi connectivity index (χ3n) is 6.38. The van der Waals surface area contributed by atoms with Crippen molar-refractivity contribution in [1.29, 1.82) is 0 Å². The van der Waals surface area contributed by atoms with Crippen molar-refractivity contribution in [3.05, 3.63) is 11.5 Å². The Morgan fingerprint density at radius 2 is 2.02 bits per heavy atom. The van der Waals surface area contributed by atoms with Crippen molar-refractivity contribution < 1.29 is 42.7 Å². The predicted octanol–water partition coefficient (Wildman–Crippen LogP) is -0.366. The summed E-state index contributed by atoms with van der Waals surface area (Å²) in [6.45, 7) is 7.98. The first kappa shape index (κ1) is 35.7. The molecule has 2 aliphatic rings. The Morgan fingerprint density at radius 1 is 1.33 bits per heavy atom. The molecule has 4 atom stereocenters. The molecular formula is C24H42N7O9PS. The molecule has 1 saturated heterocycles. The Labute approximate surface area is 249 Å². The minimum absolute atomic E-state index is 0.0497. The summed E-state index contributed by atoms with van der Waals surface area (Å²) in [5.74, 6) is -0.0505. The van der Waals surface area contributed by atoms with Gasteiger partial charge in [0.05, 0.1) is 31.3 Å². The third kappa shape index (κ3) is 11.6. The number of thioether (sulfide) groups is 1. The van der Waals surface area contributed by atoms with Crippen LogP contribution in [0.3, 0.4) is 0 Å². The summed E-state index contributed by atoms with van der Waals surface area (Å²) in [7, 11) is -2.68. The maximum absolute atomic E-state index is 12.5. The van der Waals surface area contributed by atoms with Gasteiger partial charge in [0.15, 0.2) is 5.12 Å². The van der Waals surface area contributed by atoms with Crippen LogP contribution in [0.15, 0.2) is 21.5 Å². The molecule has 2 aliphatic heterocycles. The Balaban J connectivity index is 1.73. The lowest BCUT2D eigenvalue weighted by molar-refractivity contribution is -0.137. The van der Waals surface area contributed by atoms with Gasteiger partial charge in [0.2, 0.25) is 11.8 Å². The van der Waals surface area contributed by atoms with Crippen LogP contribution in [0.2, 0.25) is 0 Å². The van der Waals surface area contributed by atoms with Crippen molar-refractivity contribution in [2.45, 2.75) is 58.3 Å². The molecule has 0 radical (unpaired) electrons. The highest BCUT2D eigenvalue weighted by atomic mass is 32.2. The number of nitrogens with zero attached hydrogens (tertiary/aromatic N) is 3. The third-order valence-corrected chi connectivity index (χ3v) is 8.01. The first-order valence-electron chi connectivity index (χ1n) is 13.2. The first-order valence-corrected chi connectivity index (χ1v) is 15.7. The summed E-state index contributed by atoms with van der Waals surface area (Å²) in [6.07, 6.45) is -0.987. The van der Waals surface area contributed by atoms with Gasteiger partial charge in [-0.25, -0.2) is 9.56 Å². The second-order valence-electron chi connectivity index (χ2n) is 10.4. The second-order valence-corrected chi connectivity index (χ2v) is 13.0. The predicted molar refractivity (Wildman–Crippen MR) is 157 cm³/mol. The van der Waals surface area contributed by atoms with Gasteiger partial charge >= 0.3 is 7.82 Å². The molecule has 0 aromatic heterocycles. The minimum Gasteiger partial charge on any atom is -0.383 e. The van der Waals surface area contributed by atoms with E-state index >= 15 is 0 Å². The standard InChI is InChI=1S/C24H42N7O9PS/c1-15(32)42-14-30-18(33)8-9-27-23(35)20(34)24(2,3)12-39-41(36,37)38-11-17-7-6-16(40-17)10-31(5)22-19(26-4)21(25)28-13-29-22/h16-17,20,29,34H,4,6-14H2,1-3,5H3,(H2,25,28)(H,27,35)(H,30,33)(H,36,37). The van der Waals surface area contributed by atoms with Gasteiger partial charge in [-0.15, -0.1) is 0 Å². The summed E-state index contributed by atoms with van der Waals surface area (Å²) in [4.78, 5) is 55.1. The van der Waals surface area contributed by atoms with Gasteiger partial charge in [-0.2, -0.15) is 0 Å². The van der Waals surface area contributed by atoms with Gasteiger partial charge in [0.1, 0.15) is 30.1 Å². The molecule has 2 heterocycles. The van der Waals surface area contributed by atoms with Crippen LogP contribution in [0.5, 0.6) is 0 Å². The van der Waals surface area contributed by atoms with Crippen LogP contribution >= 0.6 is 19.6 Å². The van der Waals surface area contributed by atoms with Crippen LogP contribution in [-0.4, -0.2) is 109 Å². The molecule has 0 aromatic carbocycles. The van der Waals surface area contributed by atoms with Crippen LogP contribution in [-0.2, 0) is 32.7 Å². The highest BCUT2D eigenvalue weighted by Gasteiger charge is 2.37. The van der Waals surface area contributed by atoms with Crippen molar-refractivity contribution in [3.8, 4) is 0 Å². The number of nitrogens with one attached hydrogen (secondary N) is 3. The smallest absolute Gasteiger partial charge is 0.383 e. The number of hydrogen-bond donors (Lipinski definition) is 6. The number of amidine groups is 1. The van der Waals surface area contributed by atoms with Crippen LogP contribution in [0.25, 0.3) is 0 Å². The van der Waals surface area contributed by atoms with Gasteiger partial charge in [0, 0.05) is 38.9 Å². The fourth-order valence-corrected chi connectivity index (χ4v) is 5.35. The van der Waals surface area contributed by atoms with Gasteiger partial charge in [-0.3, -0.25) is 28.4 Å². The topological polar surface area (TPSA) is 226 Å². The molecule has 0 bridgehead atoms. The average molecular weight is 636 g/mol. The largest absolute Gasteiger partial charge is 0.472 e. The normalized spacial score (nSPS) is 21.0. The quantitative estimate of drug-likeness (QED) is 0.0682. The number of amides is 2. The lowest BCUT2D eigenvalue weighted by atomic mass is 9.87. The van der Waals surface area contributed by atoms with Crippen molar-refractivity contribution in [3.63, 3.8) is 0 Å². The Kier molecular flexibility index (Phi) is 13.9. The molecule has 2 amide bonds. The first-order chi connectivity index (χ1) is 19.6. The number of carbonyl (C=O) groups is 3. The number of carbonyl (C=O) groups excluding carboxylic acids is 3. The Hall–Kier alpha value is -2.53. The number of rotatable bonds is 17. The molecule has 0 aliphatic carbocycles. The zero-order chi connectivity index (χ0) is 31.5. The van der Waals surface area contributed by atoms with Crippen LogP contribution < -0.4 is 21.7 Å². The SMILES string of the molecule is C=NC1=C(N(C)CC2CCC(COP(=O)(O)OCC(C)(C)C(O)C(=O)NCCC(=O)NCSC(C)=O)O2)NCN=C1N. The molecule has 0 saturated carbocycles. The molecule has 1 fully saturated rings. The summed E-state index contributed by atoms with van der Waals surface area (Å²) in [6, 6.07) is 0. The van der Waals surface area contributed by atoms with E-state index < -0.39 is 38.0 Å². The van der Waals surface area contributed by atoms with E-state index in [-0.39, 0.29) is 42.6 Å². The minimum atomic E-state index is -4.53. The summed E-state index contributed by atoms with van der Waals surface area (Å²) < 4.78 is 28.7. The number of aliphatic hydroxyl groups is 1. The fraction of sp³-hybridized carbons (Fsp3) is 0.708. The van der Waals surface area contributed by atoms with Crippen LogP contribution in [0.4, 0.5) is 0 Å². The van der Waals surface area contributed by atoms with Crippen molar-refractivity contribution in [1.82, 2.24) is 20.9 Å². The van der Waals surface area contributed by atoms with E-state index in [9.17, 15) is 28.9 Å². The van der Waals surface area contributed by atoms with Crippen LogP contribution in [0, 0.1) is 5.41 Å². The lowest BCUT2D eigenvalue weighted by Crippen LogP contribution is -2.46. The molecule has 2 rings (SSSR count). The highest BCUT2D eigenvalue weighted by molar-refractivity contribution is 8.13. The number of aliphatic hydroxyl groups excluding tert-OH is 1. The number of likely N-dealkylation sites (N-methyl/N-ethyl adjacent to an activating group) is 1. The fourth-order valence-electron chi connectivity index (χ4n) is 3.98. The Morgan fingerprint density at radius 3 is 2.69 bits per heavy atom. The highest BCUT2D eigenvalue weighted by Crippen LogP contribution is 2.45. The summed E-state index contributed by atoms with van der Waals surface area (Å²) >= 11 is 0.944. The molecule has 4 unspecified atom stereocenters. The molecule has 42 heavy (non-hydrogen) atoms. The van der Waals surface area contributed by atoms with Gasteiger partial charge in [-0.1, -0.05) is 25.6 Å². The molecule has 0 aromatic rings. The molecule has 7 N–H and O–H groups in total. The molecule has 238 valence electrons. The number of ether oxygens (including phenoxy) is 1. The average Bonchev–Trinajstić information content (AvgIpc) is 3.37. The van der Waals surface area contributed by atoms with Crippen molar-refractivity contribution in [2.24, 2.45) is 21.1 Å². The zero-order valence-corrected chi connectivity index (χ0v) is 26.0. The number of aliphatic imine (C=N–C) groups is 2. The van der Waals surface area contributed by atoms with Crippen molar-refractivity contribution in [2.75, 3.05) is 45.9 Å². The maximum atomic E-state index is 12.5. The van der Waals surface area contributed by atoms with E-state index in [2.05, 4.69) is 32.7 Å². The van der Waals surface area contributed by atoms with E-state index in [0.29, 0.717) is 43.4 Å². The maximum Gasteiger partial charge on any atom is 0.472 e. The number of nitrogens with two attached hydrogens (primary N) is 1. The number of phosphoric acid groups is 1. The second kappa shape index (κ2) is 16.4. The number of phosphoric ester groups is 1. The summed E-state index contributed by atoms with van der Waals surface area (Å²) in [5.41, 5.74) is 5.08. The van der Waals surface area contributed by atoms with E-state index in [1.807, 2.05) is 11.9 Å². The van der Waals surface area contributed by atoms with Gasteiger partial charge < -0.3 is 41.3 Å². The van der Waals surface area contributed by atoms with E-state index in [1.165, 1.54) is 20.8 Å². The number of hydrogen-bond acceptors (Lipinski definition) is 14. The monoisotopic (exact) mass is 635 g/mol. The van der Waals surface area contributed by atoms with Gasteiger partial charge in [-0.05, 0) is 19.6 Å². The molecular weight excluding hydrogens is 593 g/mol. The zero-order valence-electron chi connectivity index (χ0n) is 24.3. The molecule has 0 spiro atoms. The van der Waals surface area contributed by atoms with Crippen LogP contribution in [0.1, 0.15) is 40.0 Å². The van der Waals surface area contributed by atoms with Gasteiger partial charge in [0.25, 0.3) is 0 Å². The van der Waals surface area contributed by atoms with Crippen molar-refractivity contribution >= 4 is 49.1 Å². The van der Waals surface area contributed by atoms with E-state index in [0.717, 1.165) is 11.8 Å². The molecule has 16 nitrogen and oxygen atoms in total. The summed E-state index contributed by atoms with van der Waals surface area (Å²) in [5, 5.41) is 18.4. The van der Waals surface area contributed by atoms with E-state index in [4.69, 9.17) is 19.5 Å². The Bertz CT molecular complexity index is 1100. The van der Waals surface area contributed by atoms with E-state index in [1.54, 1.807) is 0 Å². The lowest BCUT2D eigenvalue weighted by Gasteiger charge is -2.30.